The van der Waals surface area contributed by atoms with Gasteiger partial charge in [0.2, 0.25) is 0 Å². The van der Waals surface area contributed by atoms with Crippen molar-refractivity contribution >= 4 is 217 Å². The maximum absolute atomic E-state index is 14.2. The summed E-state index contributed by atoms with van der Waals surface area (Å²) < 4.78 is 12.3. The smallest absolute Gasteiger partial charge is 0.298 e. The van der Waals surface area contributed by atoms with Crippen LogP contribution in [-0.4, -0.2) is 26.8 Å². The van der Waals surface area contributed by atoms with Gasteiger partial charge in [0.25, 0.3) is 14.5 Å². The molecule has 2 radical (unpaired) electrons. The van der Waals surface area contributed by atoms with Gasteiger partial charge in [-0.05, 0) is 373 Å². The molecule has 3 N–H and O–H groups in total. The molecule has 0 heterocycles. The first kappa shape index (κ1) is 85.0. The van der Waals surface area contributed by atoms with Crippen LogP contribution in [0.15, 0.2) is 341 Å². The Morgan fingerprint density at radius 3 is 0.910 bits per heavy atom. The summed E-state index contributed by atoms with van der Waals surface area (Å²) in [4.78, 5) is 24.2. The van der Waals surface area contributed by atoms with Gasteiger partial charge in [-0.25, -0.2) is 0 Å². The number of ether oxygens (including phenoxy) is 1. The number of benzene rings is 20. The zero-order chi connectivity index (χ0) is 93.3. The summed E-state index contributed by atoms with van der Waals surface area (Å²) in [6.45, 7) is 0.312. The van der Waals surface area contributed by atoms with Crippen molar-refractivity contribution in [3.05, 3.63) is 412 Å². The highest BCUT2D eigenvalue weighted by atomic mass is 79.9. The van der Waals surface area contributed by atoms with E-state index in [1.165, 1.54) is 88.2 Å². The normalized spacial score (nSPS) is 11.9. The van der Waals surface area contributed by atoms with Crippen LogP contribution in [0.1, 0.15) is 55.6 Å². The number of allylic oxidation sites excluding steroid dienone is 4. The summed E-state index contributed by atoms with van der Waals surface area (Å²) in [5.74, 6) is 0.256. The van der Waals surface area contributed by atoms with Crippen molar-refractivity contribution < 1.29 is 19.4 Å². The first-order valence-corrected chi connectivity index (χ1v) is 45.5. The van der Waals surface area contributed by atoms with E-state index >= 15 is 0 Å². The number of nitrogens with zero attached hydrogens (tertiary/aromatic N) is 6. The molecule has 18 heteroatoms. The lowest BCUT2D eigenvalue weighted by Crippen LogP contribution is -2.03. The number of rotatable bonds is 8. The topological polar surface area (TPSA) is 232 Å². The highest BCUT2D eigenvalue weighted by molar-refractivity contribution is 9.11. The number of nitrogens with two attached hydrogens (primary N) is 1. The third-order valence-electron chi connectivity index (χ3n) is 25.2. The zero-order valence-electron chi connectivity index (χ0n) is 71.0. The molecule has 24 rings (SSSR count). The molecule has 11 nitrogen and oxygen atoms in total. The molecule has 20 aromatic rings. The molecule has 0 fully saturated rings. The van der Waals surface area contributed by atoms with Crippen LogP contribution in [0, 0.1) is 68.0 Å². The second kappa shape index (κ2) is 35.5. The van der Waals surface area contributed by atoms with Gasteiger partial charge in [0.05, 0.1) is 90.6 Å². The lowest BCUT2D eigenvalue weighted by atomic mass is 9.82. The van der Waals surface area contributed by atoms with E-state index in [1.54, 1.807) is 24.3 Å². The average molecular weight is 1970 g/mol. The molecule has 0 saturated heterocycles. The number of carbonyl (C=O) groups excluding carboxylic acids is 2. The van der Waals surface area contributed by atoms with Gasteiger partial charge in [-0.1, -0.05) is 235 Å². The number of anilines is 1. The molecule has 4 aliphatic carbocycles. The quantitative estimate of drug-likeness (QED) is 0.0628. The number of nitriles is 6. The van der Waals surface area contributed by atoms with Gasteiger partial charge in [0.15, 0.2) is 13.0 Å². The Bertz CT molecular complexity index is 8600. The summed E-state index contributed by atoms with van der Waals surface area (Å²) in [6.07, 6.45) is 0. The minimum absolute atomic E-state index is 0.0368. The van der Waals surface area contributed by atoms with Crippen LogP contribution in [0.2, 0.25) is 15.1 Å². The Balaban J connectivity index is 0.000000117. The molecule has 0 bridgehead atoms. The standard InChI is InChI=1S/2C38H18BrClN2.C33H16N2O.C7H5BrClNO2.BHO/c39-32-17-29-30(18-33(32)40)35(24-14-10-22(20-42)11-15-24)37-28-7-3-6-27-26-5-2-1-4-25(26)16-31(36(27)28)38(37)34(29)23-12-8-21(19-41)9-13-23;39-32-17-29-30(18-33(32)40)35(24-14-10-22(20-42)11-15-24)38-31-16-25-4-1-2-5-26(25)27-6-3-7-28(36(27)31)37(38)34(29)23-12-8-21(19-41)9-13-23;34-17-19-8-12-21(13-9-19)28-31-26-7-3-6-25-24-5-2-1-4-23(24)16-27(30(25)26)32(31)29(33(28)36)22-14-10-20(18-35)11-15-22;8-4-1-7(12-3-11)6(10)2-5(4)9;1-2/h2*1-18H;1-16H;1-3H,10H2;2H/i;;;;2D. The second-order valence-corrected chi connectivity index (χ2v) is 36.0. The third-order valence-corrected chi connectivity index (χ3v) is 28.8. The predicted octanol–water partition coefficient (Wildman–Crippen LogP) is 31.0. The van der Waals surface area contributed by atoms with E-state index in [2.05, 4.69) is 254 Å². The first-order chi connectivity index (χ1) is 65.9. The number of nitrogen functional groups attached to an aromatic ring is 1. The van der Waals surface area contributed by atoms with Crippen molar-refractivity contribution in [2.24, 2.45) is 0 Å². The molecule has 0 amide bonds. The monoisotopic (exact) mass is 1970 g/mol. The molecule has 0 spiro atoms. The Hall–Kier alpha value is -15.8. The van der Waals surface area contributed by atoms with E-state index in [-0.39, 0.29) is 5.78 Å². The minimum Gasteiger partial charge on any atom is -0.461 e. The summed E-state index contributed by atoms with van der Waals surface area (Å²) in [5.41, 5.74) is 34.2. The van der Waals surface area contributed by atoms with Crippen LogP contribution >= 0.6 is 82.6 Å². The van der Waals surface area contributed by atoms with Crippen LogP contribution in [-0.2, 0) is 9.59 Å². The number of Topliss-reactive ketones (excluding diaryl/α,β-unsaturated/α-hetero) is 1. The van der Waals surface area contributed by atoms with Crippen LogP contribution in [0.3, 0.4) is 0 Å². The number of halogens is 6. The van der Waals surface area contributed by atoms with Gasteiger partial charge in [0, 0.05) is 35.7 Å². The van der Waals surface area contributed by atoms with E-state index in [0.717, 1.165) is 141 Å². The summed E-state index contributed by atoms with van der Waals surface area (Å²) in [7, 11) is 4.01. The van der Waals surface area contributed by atoms with Crippen LogP contribution in [0.5, 0.6) is 5.75 Å². The van der Waals surface area contributed by atoms with Crippen LogP contribution in [0.25, 0.3) is 197 Å². The molecule has 134 heavy (non-hydrogen) atoms. The molecule has 626 valence electrons. The third kappa shape index (κ3) is 14.5. The maximum Gasteiger partial charge on any atom is 0.298 e. The number of ketones is 1. The molecule has 4 aliphatic rings. The Morgan fingerprint density at radius 1 is 0.306 bits per heavy atom. The predicted molar refractivity (Wildman–Crippen MR) is 553 cm³/mol. The SMILES string of the molecule is N#Cc1ccc(-c2c3c(c(-c4ccc(C#N)cc4)c4cc(Br)c(Cl)cc24)-c2cc4ccccc4c4cccc-3c24)cc1.N#Cc1ccc(-c2c3c(c(-c4ccc(C#N)cc4)c4cc(Br)c(Cl)cc24)-c2cccc4c2c-3cc2ccccc24)cc1.N#Cc1ccc(C2=C3C(=C(c4ccc(C#N)cc4)C2=O)c2cc4ccccc4c4cccc3c24)cc1.Nc1cc(Cl)c(Br)cc1OC=O.[2H]O[B]. The van der Waals surface area contributed by atoms with E-state index in [0.29, 0.717) is 82.0 Å². The minimum atomic E-state index is -0.0368. The highest BCUT2D eigenvalue weighted by Gasteiger charge is 2.42. The van der Waals surface area contributed by atoms with E-state index < -0.39 is 0 Å². The van der Waals surface area contributed by atoms with Crippen molar-refractivity contribution in [1.29, 1.82) is 33.0 Å². The van der Waals surface area contributed by atoms with Gasteiger partial charge >= 0.3 is 0 Å². The highest BCUT2D eigenvalue weighted by Crippen LogP contribution is 2.63. The number of fused-ring (bicyclic) bond motifs is 17. The van der Waals surface area contributed by atoms with Gasteiger partial charge < -0.3 is 15.5 Å². The molecular weight excluding hydrogens is 1910 g/mol. The average Bonchev–Trinajstić information content (AvgIpc) is 1.54. The van der Waals surface area contributed by atoms with E-state index in [1.807, 2.05) is 140 Å². The summed E-state index contributed by atoms with van der Waals surface area (Å²) in [5, 5.41) is 79.9. The van der Waals surface area contributed by atoms with Gasteiger partial charge in [-0.3, -0.25) is 9.59 Å². The Labute approximate surface area is 811 Å². The van der Waals surface area contributed by atoms with E-state index in [4.69, 9.17) is 42.0 Å². The fraction of sp³-hybridized carbons (Fsp3) is 0. The molecule has 0 unspecified atom stereocenters. The Morgan fingerprint density at radius 2 is 0.575 bits per heavy atom. The van der Waals surface area contributed by atoms with Crippen molar-refractivity contribution in [3.8, 4) is 131 Å². The van der Waals surface area contributed by atoms with Crippen molar-refractivity contribution in [1.82, 2.24) is 0 Å². The molecule has 20 aromatic carbocycles. The molecule has 0 aromatic heterocycles. The van der Waals surface area contributed by atoms with E-state index in [9.17, 15) is 41.2 Å². The van der Waals surface area contributed by atoms with Crippen LogP contribution in [0.4, 0.5) is 5.69 Å². The van der Waals surface area contributed by atoms with Crippen molar-refractivity contribution in [3.63, 3.8) is 0 Å². The lowest BCUT2D eigenvalue weighted by molar-refractivity contribution is -0.120. The molecule has 0 atom stereocenters. The fourth-order valence-electron chi connectivity index (χ4n) is 19.6. The van der Waals surface area contributed by atoms with Gasteiger partial charge in [-0.2, -0.15) is 31.6 Å². The number of carbonyl (C=O) groups is 2. The summed E-state index contributed by atoms with van der Waals surface area (Å²) in [6, 6.07) is 122. The largest absolute Gasteiger partial charge is 0.461 e. The lowest BCUT2D eigenvalue weighted by Gasteiger charge is -2.21. The number of hydrogen-bond donors (Lipinski definition) is 2. The van der Waals surface area contributed by atoms with Crippen molar-refractivity contribution in [2.75, 3.05) is 5.73 Å². The van der Waals surface area contributed by atoms with Crippen molar-refractivity contribution in [2.45, 2.75) is 0 Å². The molecule has 0 saturated carbocycles. The van der Waals surface area contributed by atoms with Crippen LogP contribution < -0.4 is 10.5 Å². The molecule has 0 aliphatic heterocycles. The first-order valence-electron chi connectivity index (χ1n) is 42.4. The van der Waals surface area contributed by atoms with Gasteiger partial charge in [0.1, 0.15) is 0 Å². The van der Waals surface area contributed by atoms with Gasteiger partial charge in [-0.15, -0.1) is 0 Å². The fourth-order valence-corrected chi connectivity index (χ4v) is 21.1. The summed E-state index contributed by atoms with van der Waals surface area (Å²) >= 11 is 29.9. The maximum atomic E-state index is 14.2. The number of hydrogen-bond acceptors (Lipinski definition) is 11. The second-order valence-electron chi connectivity index (χ2n) is 32.2. The molecular formula is C116H58BBr3Cl3N7O4. The zero-order valence-corrected chi connectivity index (χ0v) is 77.0. The Kier molecular flexibility index (Phi) is 22.5.